The van der Waals surface area contributed by atoms with Crippen LogP contribution in [-0.4, -0.2) is 33.9 Å². The third kappa shape index (κ3) is 5.71. The molecular weight excluding hydrogens is 436 g/mol. The van der Waals surface area contributed by atoms with Crippen LogP contribution in [0.4, 0.5) is 0 Å². The van der Waals surface area contributed by atoms with Gasteiger partial charge in [0.2, 0.25) is 0 Å². The summed E-state index contributed by atoms with van der Waals surface area (Å²) in [6.45, 7) is -0.0801. The topological polar surface area (TPSA) is 102 Å². The maximum Gasteiger partial charge on any atom is 0.309 e. The molecule has 1 aromatic heterocycles. The second kappa shape index (κ2) is 10.2. The zero-order chi connectivity index (χ0) is 22.3. The molecule has 1 atom stereocenters. The third-order valence-electron chi connectivity index (χ3n) is 4.55. The first-order chi connectivity index (χ1) is 14.9. The van der Waals surface area contributed by atoms with Gasteiger partial charge in [0.1, 0.15) is 11.0 Å². The van der Waals surface area contributed by atoms with E-state index < -0.39 is 26.9 Å². The van der Waals surface area contributed by atoms with Crippen LogP contribution in [0.25, 0.3) is 0 Å². The summed E-state index contributed by atoms with van der Waals surface area (Å²) in [7, 11) is -2.22. The van der Waals surface area contributed by atoms with Crippen molar-refractivity contribution in [3.63, 3.8) is 0 Å². The number of sulfone groups is 1. The molecular formula is C22H22N2O5S2. The largest absolute Gasteiger partial charge is 0.497 e. The molecule has 3 rings (SSSR count). The van der Waals surface area contributed by atoms with Crippen LogP contribution in [0.15, 0.2) is 77.0 Å². The minimum atomic E-state index is -3.76. The van der Waals surface area contributed by atoms with Crippen molar-refractivity contribution < 1.29 is 22.7 Å². The Hall–Kier alpha value is -3.17. The maximum absolute atomic E-state index is 13.1. The molecule has 2 N–H and O–H groups in total. The van der Waals surface area contributed by atoms with E-state index in [1.165, 1.54) is 23.5 Å². The predicted molar refractivity (Wildman–Crippen MR) is 119 cm³/mol. The van der Waals surface area contributed by atoms with E-state index in [0.29, 0.717) is 10.6 Å². The molecule has 0 radical (unpaired) electrons. The van der Waals surface area contributed by atoms with Crippen LogP contribution in [0, 0.1) is 0 Å². The second-order valence-corrected chi connectivity index (χ2v) is 9.72. The fourth-order valence-corrected chi connectivity index (χ4v) is 5.73. The molecule has 1 heterocycles. The molecule has 2 aromatic carbocycles. The number of thiophene rings is 1. The van der Waals surface area contributed by atoms with E-state index in [9.17, 15) is 18.0 Å². The molecule has 2 amide bonds. The molecule has 9 heteroatoms. The average Bonchev–Trinajstić information content (AvgIpc) is 3.32. The Kier molecular flexibility index (Phi) is 7.43. The lowest BCUT2D eigenvalue weighted by Crippen LogP contribution is -2.42. The Labute approximate surface area is 185 Å². The number of nitrogens with one attached hydrogen (secondary N) is 2. The summed E-state index contributed by atoms with van der Waals surface area (Å²) in [6.07, 6.45) is 0. The van der Waals surface area contributed by atoms with Crippen molar-refractivity contribution >= 4 is 33.0 Å². The molecule has 0 saturated heterocycles. The smallest absolute Gasteiger partial charge is 0.309 e. The summed E-state index contributed by atoms with van der Waals surface area (Å²) in [5.41, 5.74) is 0.767. The second-order valence-electron chi connectivity index (χ2n) is 6.61. The lowest BCUT2D eigenvalue weighted by atomic mass is 10.2. The van der Waals surface area contributed by atoms with E-state index in [2.05, 4.69) is 10.6 Å². The number of carbonyl (C=O) groups is 2. The highest BCUT2D eigenvalue weighted by atomic mass is 32.2. The van der Waals surface area contributed by atoms with Crippen LogP contribution < -0.4 is 15.4 Å². The summed E-state index contributed by atoms with van der Waals surface area (Å²) >= 11 is 1.28. The first-order valence-corrected chi connectivity index (χ1v) is 11.9. The van der Waals surface area contributed by atoms with Gasteiger partial charge in [-0.1, -0.05) is 36.4 Å². The number of amides is 2. The molecule has 7 nitrogen and oxygen atoms in total. The number of methoxy groups -OCH3 is 1. The highest BCUT2D eigenvalue weighted by Gasteiger charge is 2.31. The molecule has 0 saturated carbocycles. The fraction of sp³-hybridized carbons (Fsp3) is 0.182. The van der Waals surface area contributed by atoms with Crippen molar-refractivity contribution in [1.82, 2.24) is 10.6 Å². The van der Waals surface area contributed by atoms with Crippen molar-refractivity contribution in [1.29, 1.82) is 0 Å². The van der Waals surface area contributed by atoms with E-state index in [0.717, 1.165) is 5.56 Å². The molecule has 0 fully saturated rings. The fourth-order valence-electron chi connectivity index (χ4n) is 2.92. The van der Waals surface area contributed by atoms with Gasteiger partial charge in [0.05, 0.1) is 12.0 Å². The van der Waals surface area contributed by atoms with Gasteiger partial charge in [0.25, 0.3) is 0 Å². The van der Waals surface area contributed by atoms with Crippen molar-refractivity contribution in [3.05, 3.63) is 82.6 Å². The van der Waals surface area contributed by atoms with Gasteiger partial charge in [-0.25, -0.2) is 8.42 Å². The summed E-state index contributed by atoms with van der Waals surface area (Å²) in [4.78, 5) is 25.2. The molecule has 3 aromatic rings. The minimum absolute atomic E-state index is 0.139. The van der Waals surface area contributed by atoms with Crippen molar-refractivity contribution in [2.24, 2.45) is 0 Å². The molecule has 0 aliphatic heterocycles. The lowest BCUT2D eigenvalue weighted by molar-refractivity contribution is -0.139. The van der Waals surface area contributed by atoms with Gasteiger partial charge in [-0.2, -0.15) is 0 Å². The van der Waals surface area contributed by atoms with Crippen molar-refractivity contribution in [2.75, 3.05) is 13.7 Å². The Morgan fingerprint density at radius 2 is 1.71 bits per heavy atom. The van der Waals surface area contributed by atoms with E-state index in [1.807, 2.05) is 0 Å². The summed E-state index contributed by atoms with van der Waals surface area (Å²) in [5, 5.41) is 5.76. The van der Waals surface area contributed by atoms with Crippen molar-refractivity contribution in [2.45, 2.75) is 16.7 Å². The Balaban J connectivity index is 1.66. The molecule has 0 spiro atoms. The Bertz CT molecular complexity index is 1130. The molecule has 0 bridgehead atoms. The van der Waals surface area contributed by atoms with Crippen LogP contribution in [0.1, 0.15) is 15.7 Å². The molecule has 162 valence electrons. The number of benzene rings is 2. The highest BCUT2D eigenvalue weighted by Crippen LogP contribution is 2.31. The molecule has 31 heavy (non-hydrogen) atoms. The first-order valence-electron chi connectivity index (χ1n) is 9.43. The van der Waals surface area contributed by atoms with Crippen molar-refractivity contribution in [3.8, 4) is 5.75 Å². The van der Waals surface area contributed by atoms with Gasteiger partial charge in [0.15, 0.2) is 9.84 Å². The van der Waals surface area contributed by atoms with Gasteiger partial charge >= 0.3 is 11.8 Å². The monoisotopic (exact) mass is 458 g/mol. The highest BCUT2D eigenvalue weighted by molar-refractivity contribution is 7.91. The van der Waals surface area contributed by atoms with Gasteiger partial charge in [-0.15, -0.1) is 11.3 Å². The van der Waals surface area contributed by atoms with E-state index in [1.54, 1.807) is 67.1 Å². The predicted octanol–water partition coefficient (Wildman–Crippen LogP) is 2.70. The first kappa shape index (κ1) is 22.5. The third-order valence-corrected chi connectivity index (χ3v) is 7.78. The van der Waals surface area contributed by atoms with E-state index >= 15 is 0 Å². The molecule has 0 unspecified atom stereocenters. The van der Waals surface area contributed by atoms with E-state index in [-0.39, 0.29) is 18.0 Å². The Morgan fingerprint density at radius 3 is 2.39 bits per heavy atom. The zero-order valence-electron chi connectivity index (χ0n) is 16.8. The van der Waals surface area contributed by atoms with Gasteiger partial charge in [-0.3, -0.25) is 9.59 Å². The van der Waals surface area contributed by atoms with Gasteiger partial charge in [-0.05, 0) is 41.3 Å². The maximum atomic E-state index is 13.1. The zero-order valence-corrected chi connectivity index (χ0v) is 18.4. The number of ether oxygens (including phenoxy) is 1. The van der Waals surface area contributed by atoms with Crippen LogP contribution in [0.3, 0.4) is 0 Å². The number of rotatable bonds is 8. The van der Waals surface area contributed by atoms with Gasteiger partial charge < -0.3 is 15.4 Å². The summed E-state index contributed by atoms with van der Waals surface area (Å²) in [6, 6.07) is 18.6. The Morgan fingerprint density at radius 1 is 0.968 bits per heavy atom. The van der Waals surface area contributed by atoms with Crippen LogP contribution in [0.2, 0.25) is 0 Å². The molecule has 0 aliphatic rings. The summed E-state index contributed by atoms with van der Waals surface area (Å²) < 4.78 is 31.4. The van der Waals surface area contributed by atoms with E-state index in [4.69, 9.17) is 4.74 Å². The normalized spacial score (nSPS) is 12.0. The number of hydrogen-bond donors (Lipinski definition) is 2. The number of hydrogen-bond acceptors (Lipinski definition) is 6. The summed E-state index contributed by atoms with van der Waals surface area (Å²) in [5.74, 6) is -1.10. The average molecular weight is 459 g/mol. The van der Waals surface area contributed by atoms with Gasteiger partial charge in [0, 0.05) is 18.0 Å². The minimum Gasteiger partial charge on any atom is -0.497 e. The molecule has 0 aliphatic carbocycles. The van der Waals surface area contributed by atoms with Crippen LogP contribution in [0.5, 0.6) is 5.75 Å². The quantitative estimate of drug-likeness (QED) is 0.506. The van der Waals surface area contributed by atoms with Crippen LogP contribution >= 0.6 is 11.3 Å². The number of carbonyl (C=O) groups excluding carboxylic acids is 2. The lowest BCUT2D eigenvalue weighted by Gasteiger charge is -2.17. The van der Waals surface area contributed by atoms with Crippen LogP contribution in [-0.2, 0) is 26.0 Å². The SMILES string of the molecule is COc1cccc(CNC(=O)C(=O)NC[C@@H](c2cccs2)S(=O)(=O)c2ccccc2)c1. The standard InChI is InChI=1S/C22H22N2O5S2/c1-29-17-8-5-7-16(13-17)14-23-21(25)22(26)24-15-20(19-11-6-12-30-19)31(27,28)18-9-3-2-4-10-18/h2-13,20H,14-15H2,1H3,(H,23,25)(H,24,26)/t20-/m0/s1.